The molecular weight excluding hydrogens is 346 g/mol. The highest BCUT2D eigenvalue weighted by molar-refractivity contribution is 6.33. The summed E-state index contributed by atoms with van der Waals surface area (Å²) < 4.78 is 0. The minimum Gasteiger partial charge on any atom is -0.478 e. The fraction of sp³-hybridized carbons (Fsp3) is 0.118. The molecule has 0 saturated carbocycles. The molecule has 7 nitrogen and oxygen atoms in total. The van der Waals surface area contributed by atoms with Gasteiger partial charge in [0.25, 0.3) is 5.91 Å². The number of halogens is 1. The van der Waals surface area contributed by atoms with Crippen molar-refractivity contribution in [1.82, 2.24) is 0 Å². The van der Waals surface area contributed by atoms with Crippen LogP contribution in [0.2, 0.25) is 5.02 Å². The van der Waals surface area contributed by atoms with Crippen molar-refractivity contribution in [1.29, 1.82) is 0 Å². The quantitative estimate of drug-likeness (QED) is 0.605. The van der Waals surface area contributed by atoms with Gasteiger partial charge in [0.1, 0.15) is 0 Å². The minimum atomic E-state index is -1.34. The lowest BCUT2D eigenvalue weighted by Gasteiger charge is -2.10. The third-order valence-electron chi connectivity index (χ3n) is 3.17. The van der Waals surface area contributed by atoms with E-state index in [-0.39, 0.29) is 5.56 Å². The van der Waals surface area contributed by atoms with Crippen LogP contribution in [-0.4, -0.2) is 28.8 Å². The summed E-state index contributed by atoms with van der Waals surface area (Å²) in [5, 5.41) is 19.3. The number of carboxylic acids is 1. The van der Waals surface area contributed by atoms with Crippen LogP contribution in [0.5, 0.6) is 0 Å². The van der Waals surface area contributed by atoms with Gasteiger partial charge in [-0.2, -0.15) is 10.2 Å². The molecule has 0 fully saturated rings. The Bertz CT molecular complexity index is 834. The van der Waals surface area contributed by atoms with E-state index in [9.17, 15) is 14.4 Å². The summed E-state index contributed by atoms with van der Waals surface area (Å²) in [5.74, 6) is -2.22. The molecule has 2 N–H and O–H groups in total. The van der Waals surface area contributed by atoms with E-state index in [4.69, 9.17) is 16.7 Å². The maximum absolute atomic E-state index is 12.2. The van der Waals surface area contributed by atoms with Gasteiger partial charge in [-0.1, -0.05) is 23.7 Å². The zero-order chi connectivity index (χ0) is 18.4. The molecule has 0 heterocycles. The summed E-state index contributed by atoms with van der Waals surface area (Å²) in [6, 6.07) is 10.8. The van der Waals surface area contributed by atoms with Gasteiger partial charge < -0.3 is 10.4 Å². The van der Waals surface area contributed by atoms with Crippen LogP contribution in [0.3, 0.4) is 0 Å². The molecule has 0 aliphatic carbocycles. The molecule has 1 unspecified atom stereocenters. The molecule has 0 aromatic heterocycles. The van der Waals surface area contributed by atoms with Gasteiger partial charge >= 0.3 is 5.97 Å². The number of ketones is 1. The van der Waals surface area contributed by atoms with Crippen molar-refractivity contribution in [3.8, 4) is 0 Å². The number of amides is 1. The smallest absolute Gasteiger partial charge is 0.335 e. The fourth-order valence-corrected chi connectivity index (χ4v) is 2.06. The number of aromatic carboxylic acids is 1. The Balaban J connectivity index is 2.14. The maximum atomic E-state index is 12.2. The lowest BCUT2D eigenvalue weighted by molar-refractivity contribution is -0.126. The average molecular weight is 360 g/mol. The number of azo groups is 1. The van der Waals surface area contributed by atoms with Gasteiger partial charge in [-0.15, -0.1) is 0 Å². The molecule has 2 aromatic rings. The van der Waals surface area contributed by atoms with E-state index in [2.05, 4.69) is 15.5 Å². The molecule has 25 heavy (non-hydrogen) atoms. The number of carbonyl (C=O) groups is 3. The summed E-state index contributed by atoms with van der Waals surface area (Å²) in [6.45, 7) is 1.23. The van der Waals surface area contributed by atoms with Crippen molar-refractivity contribution in [3.05, 3.63) is 59.1 Å². The first-order chi connectivity index (χ1) is 11.9. The van der Waals surface area contributed by atoms with Gasteiger partial charge in [-0.25, -0.2) is 4.79 Å². The minimum absolute atomic E-state index is 0.0959. The summed E-state index contributed by atoms with van der Waals surface area (Å²) in [7, 11) is 0. The molecule has 2 aromatic carbocycles. The van der Waals surface area contributed by atoms with E-state index < -0.39 is 23.7 Å². The van der Waals surface area contributed by atoms with Crippen molar-refractivity contribution in [2.45, 2.75) is 13.0 Å². The van der Waals surface area contributed by atoms with Crippen LogP contribution in [0, 0.1) is 0 Å². The Morgan fingerprint density at radius 2 is 1.72 bits per heavy atom. The van der Waals surface area contributed by atoms with Crippen LogP contribution in [0.4, 0.5) is 11.4 Å². The van der Waals surface area contributed by atoms with Crippen molar-refractivity contribution in [3.63, 3.8) is 0 Å². The van der Waals surface area contributed by atoms with Crippen LogP contribution < -0.4 is 5.32 Å². The second kappa shape index (κ2) is 8.16. The number of hydrogen-bond donors (Lipinski definition) is 2. The second-order valence-electron chi connectivity index (χ2n) is 5.05. The number of rotatable bonds is 6. The molecule has 1 amide bonds. The highest BCUT2D eigenvalue weighted by atomic mass is 35.5. The monoisotopic (exact) mass is 359 g/mol. The Morgan fingerprint density at radius 3 is 2.28 bits per heavy atom. The normalized spacial score (nSPS) is 11.9. The highest BCUT2D eigenvalue weighted by Gasteiger charge is 2.23. The SMILES string of the molecule is CC(=O)C(N=Nc1ccc(C(=O)O)cc1)C(=O)Nc1ccccc1Cl. The summed E-state index contributed by atoms with van der Waals surface area (Å²) in [6.07, 6.45) is 0. The predicted molar refractivity (Wildman–Crippen MR) is 92.5 cm³/mol. The number of Topliss-reactive ketones (excluding diaryl/α,β-unsaturated/α-hetero) is 1. The molecular formula is C17H14ClN3O4. The van der Waals surface area contributed by atoms with Gasteiger partial charge in [0.05, 0.1) is 22.0 Å². The highest BCUT2D eigenvalue weighted by Crippen LogP contribution is 2.21. The van der Waals surface area contributed by atoms with Gasteiger partial charge in [0.15, 0.2) is 5.78 Å². The first-order valence-corrected chi connectivity index (χ1v) is 7.56. The van der Waals surface area contributed by atoms with E-state index in [1.165, 1.54) is 31.2 Å². The van der Waals surface area contributed by atoms with Crippen molar-refractivity contribution < 1.29 is 19.5 Å². The number of carboxylic acid groups (broad SMARTS) is 1. The molecule has 0 radical (unpaired) electrons. The lowest BCUT2D eigenvalue weighted by atomic mass is 10.2. The standard InChI is InChI=1S/C17H14ClN3O4/c1-10(22)15(16(23)19-14-5-3-2-4-13(14)18)21-20-12-8-6-11(7-9-12)17(24)25/h2-9,15H,1H3,(H,19,23)(H,24,25). The van der Waals surface area contributed by atoms with Gasteiger partial charge in [-0.3, -0.25) is 9.59 Å². The summed E-state index contributed by atoms with van der Waals surface area (Å²) >= 11 is 5.96. The number of nitrogens with zero attached hydrogens (tertiary/aromatic N) is 2. The predicted octanol–water partition coefficient (Wildman–Crippen LogP) is 3.72. The number of carbonyl (C=O) groups excluding carboxylic acids is 2. The van der Waals surface area contributed by atoms with E-state index in [1.807, 2.05) is 0 Å². The van der Waals surface area contributed by atoms with E-state index in [1.54, 1.807) is 24.3 Å². The molecule has 0 spiro atoms. The van der Waals surface area contributed by atoms with Crippen LogP contribution in [0.15, 0.2) is 58.8 Å². The zero-order valence-electron chi connectivity index (χ0n) is 13.1. The number of hydrogen-bond acceptors (Lipinski definition) is 5. The largest absolute Gasteiger partial charge is 0.478 e. The van der Waals surface area contributed by atoms with Crippen molar-refractivity contribution >= 4 is 40.6 Å². The summed E-state index contributed by atoms with van der Waals surface area (Å²) in [5.41, 5.74) is 0.779. The zero-order valence-corrected chi connectivity index (χ0v) is 13.9. The second-order valence-corrected chi connectivity index (χ2v) is 5.46. The van der Waals surface area contributed by atoms with Crippen LogP contribution in [0.25, 0.3) is 0 Å². The molecule has 1 atom stereocenters. The van der Waals surface area contributed by atoms with Crippen LogP contribution in [0.1, 0.15) is 17.3 Å². The molecule has 0 aliphatic rings. The third kappa shape index (κ3) is 4.95. The maximum Gasteiger partial charge on any atom is 0.335 e. The number of nitrogens with one attached hydrogen (secondary N) is 1. The number of benzene rings is 2. The van der Waals surface area contributed by atoms with E-state index >= 15 is 0 Å². The van der Waals surface area contributed by atoms with Gasteiger partial charge in [0, 0.05) is 0 Å². The molecule has 128 valence electrons. The van der Waals surface area contributed by atoms with E-state index in [0.717, 1.165) is 0 Å². The Morgan fingerprint density at radius 1 is 1.08 bits per heavy atom. The Labute approximate surface area is 148 Å². The first-order valence-electron chi connectivity index (χ1n) is 7.18. The average Bonchev–Trinajstić information content (AvgIpc) is 2.57. The van der Waals surface area contributed by atoms with Gasteiger partial charge in [-0.05, 0) is 43.3 Å². The number of anilines is 1. The molecule has 0 saturated heterocycles. The molecule has 2 rings (SSSR count). The Kier molecular flexibility index (Phi) is 5.97. The van der Waals surface area contributed by atoms with Crippen molar-refractivity contribution in [2.75, 3.05) is 5.32 Å². The molecule has 8 heteroatoms. The number of para-hydroxylation sites is 1. The van der Waals surface area contributed by atoms with Crippen molar-refractivity contribution in [2.24, 2.45) is 10.2 Å². The van der Waals surface area contributed by atoms with E-state index in [0.29, 0.717) is 16.4 Å². The van der Waals surface area contributed by atoms with Crippen LogP contribution in [-0.2, 0) is 9.59 Å². The molecule has 0 aliphatic heterocycles. The summed E-state index contributed by atoms with van der Waals surface area (Å²) in [4.78, 5) is 34.7. The Hall–Kier alpha value is -3.06. The lowest BCUT2D eigenvalue weighted by Crippen LogP contribution is -2.31. The topological polar surface area (TPSA) is 108 Å². The van der Waals surface area contributed by atoms with Gasteiger partial charge in [0.2, 0.25) is 6.04 Å². The molecule has 0 bridgehead atoms. The van der Waals surface area contributed by atoms with Crippen LogP contribution >= 0.6 is 11.6 Å². The fourth-order valence-electron chi connectivity index (χ4n) is 1.88. The third-order valence-corrected chi connectivity index (χ3v) is 3.50. The first kappa shape index (κ1) is 18.3.